The quantitative estimate of drug-likeness (QED) is 0.433. The van der Waals surface area contributed by atoms with E-state index in [-0.39, 0.29) is 6.03 Å². The lowest BCUT2D eigenvalue weighted by atomic mass is 10.2. The average Bonchev–Trinajstić information content (AvgIpc) is 3.26. The molecular weight excluding hydrogens is 456 g/mol. The summed E-state index contributed by atoms with van der Waals surface area (Å²) < 4.78 is 6.88. The molecule has 0 radical (unpaired) electrons. The number of imidazole rings is 1. The lowest BCUT2D eigenvalue weighted by Crippen LogP contribution is -2.49. The number of piperazine rings is 1. The molecule has 9 heteroatoms. The fraction of sp³-hybridized carbons (Fsp3) is 0.259. The van der Waals surface area contributed by atoms with Crippen LogP contribution in [0, 0.1) is 6.92 Å². The van der Waals surface area contributed by atoms with E-state index in [0.717, 1.165) is 35.8 Å². The number of amides is 2. The minimum Gasteiger partial charge on any atom is -0.465 e. The number of esters is 1. The first kappa shape index (κ1) is 23.5. The van der Waals surface area contributed by atoms with Gasteiger partial charge in [0.25, 0.3) is 0 Å². The fourth-order valence-corrected chi connectivity index (χ4v) is 4.46. The molecule has 1 aliphatic rings. The van der Waals surface area contributed by atoms with Gasteiger partial charge in [-0.15, -0.1) is 0 Å². The number of nitrogens with one attached hydrogen (secondary N) is 1. The number of fused-ring (bicyclic) bond motifs is 1. The molecule has 0 unspecified atom stereocenters. The first-order chi connectivity index (χ1) is 17.5. The highest BCUT2D eigenvalue weighted by Crippen LogP contribution is 2.22. The monoisotopic (exact) mass is 484 g/mol. The van der Waals surface area contributed by atoms with Crippen LogP contribution in [0.1, 0.15) is 21.7 Å². The molecular formula is C27H28N6O3. The van der Waals surface area contributed by atoms with E-state index in [2.05, 4.69) is 44.9 Å². The zero-order valence-corrected chi connectivity index (χ0v) is 20.3. The van der Waals surface area contributed by atoms with E-state index in [1.807, 2.05) is 18.2 Å². The SMILES string of the molecule is COC(=O)c1cccc(NC(=O)N2CCN(Cc3nc4cccnc4n3-c3cccc(C)c3)CC2)c1. The standard InChI is InChI=1S/C27H28N6O3/c1-19-6-3-9-22(16-19)33-24(30-23-10-5-11-28-25(23)33)18-31-12-14-32(15-13-31)27(35)29-21-8-4-7-20(17-21)26(34)36-2/h3-11,16-17H,12-15,18H2,1-2H3,(H,29,35). The predicted octanol–water partition coefficient (Wildman–Crippen LogP) is 3.87. The molecule has 2 aromatic carbocycles. The Labute approximate surface area is 209 Å². The summed E-state index contributed by atoms with van der Waals surface area (Å²) in [7, 11) is 1.33. The molecule has 1 aliphatic heterocycles. The Kier molecular flexibility index (Phi) is 6.64. The van der Waals surface area contributed by atoms with Crippen molar-refractivity contribution in [1.82, 2.24) is 24.3 Å². The second-order valence-corrected chi connectivity index (χ2v) is 8.81. The van der Waals surface area contributed by atoms with E-state index in [9.17, 15) is 9.59 Å². The summed E-state index contributed by atoms with van der Waals surface area (Å²) in [5, 5.41) is 2.89. The van der Waals surface area contributed by atoms with Gasteiger partial charge >= 0.3 is 12.0 Å². The Morgan fingerprint density at radius 2 is 1.81 bits per heavy atom. The van der Waals surface area contributed by atoms with Crippen LogP contribution in [0.25, 0.3) is 16.9 Å². The molecule has 0 bridgehead atoms. The van der Waals surface area contributed by atoms with Crippen LogP contribution in [0.2, 0.25) is 0 Å². The maximum absolute atomic E-state index is 12.8. The number of carbonyl (C=O) groups excluding carboxylic acids is 2. The molecule has 1 fully saturated rings. The Balaban J connectivity index is 1.26. The minimum atomic E-state index is -0.438. The van der Waals surface area contributed by atoms with Gasteiger partial charge in [0.15, 0.2) is 5.65 Å². The summed E-state index contributed by atoms with van der Waals surface area (Å²) in [4.78, 5) is 38.1. The molecule has 36 heavy (non-hydrogen) atoms. The predicted molar refractivity (Wildman–Crippen MR) is 137 cm³/mol. The van der Waals surface area contributed by atoms with Gasteiger partial charge in [-0.25, -0.2) is 19.6 Å². The minimum absolute atomic E-state index is 0.187. The molecule has 1 saturated heterocycles. The summed E-state index contributed by atoms with van der Waals surface area (Å²) >= 11 is 0. The number of benzene rings is 2. The zero-order valence-electron chi connectivity index (χ0n) is 20.3. The van der Waals surface area contributed by atoms with Crippen LogP contribution in [0.15, 0.2) is 66.9 Å². The van der Waals surface area contributed by atoms with Crippen LogP contribution in [-0.4, -0.2) is 69.6 Å². The summed E-state index contributed by atoms with van der Waals surface area (Å²) in [5.41, 5.74) is 4.87. The van der Waals surface area contributed by atoms with Crippen molar-refractivity contribution >= 4 is 28.9 Å². The second-order valence-electron chi connectivity index (χ2n) is 8.81. The lowest BCUT2D eigenvalue weighted by Gasteiger charge is -2.34. The number of methoxy groups -OCH3 is 1. The smallest absolute Gasteiger partial charge is 0.337 e. The average molecular weight is 485 g/mol. The molecule has 184 valence electrons. The molecule has 1 N–H and O–H groups in total. The van der Waals surface area contributed by atoms with E-state index in [0.29, 0.717) is 30.9 Å². The van der Waals surface area contributed by atoms with Crippen LogP contribution in [0.3, 0.4) is 0 Å². The number of ether oxygens (including phenoxy) is 1. The first-order valence-corrected chi connectivity index (χ1v) is 11.9. The Bertz CT molecular complexity index is 1410. The van der Waals surface area contributed by atoms with Crippen molar-refractivity contribution in [2.45, 2.75) is 13.5 Å². The van der Waals surface area contributed by atoms with Gasteiger partial charge in [0.05, 0.1) is 19.2 Å². The first-order valence-electron chi connectivity index (χ1n) is 11.9. The number of hydrogen-bond donors (Lipinski definition) is 1. The van der Waals surface area contributed by atoms with Gasteiger partial charge in [-0.05, 0) is 55.0 Å². The molecule has 2 amide bonds. The number of urea groups is 1. The maximum atomic E-state index is 12.8. The molecule has 5 rings (SSSR count). The Hall–Kier alpha value is -4.24. The fourth-order valence-electron chi connectivity index (χ4n) is 4.46. The largest absolute Gasteiger partial charge is 0.465 e. The van der Waals surface area contributed by atoms with Gasteiger partial charge in [-0.1, -0.05) is 18.2 Å². The van der Waals surface area contributed by atoms with Crippen molar-refractivity contribution in [3.63, 3.8) is 0 Å². The molecule has 0 saturated carbocycles. The summed E-state index contributed by atoms with van der Waals surface area (Å²) in [6, 6.07) is 18.8. The number of carbonyl (C=O) groups is 2. The number of aromatic nitrogens is 3. The molecule has 0 spiro atoms. The van der Waals surface area contributed by atoms with E-state index >= 15 is 0 Å². The van der Waals surface area contributed by atoms with Crippen LogP contribution in [-0.2, 0) is 11.3 Å². The van der Waals surface area contributed by atoms with E-state index in [1.54, 1.807) is 35.4 Å². The van der Waals surface area contributed by atoms with Crippen molar-refractivity contribution in [3.8, 4) is 5.69 Å². The summed E-state index contributed by atoms with van der Waals surface area (Å²) in [6.07, 6.45) is 1.79. The maximum Gasteiger partial charge on any atom is 0.337 e. The van der Waals surface area contributed by atoms with Gasteiger partial charge in [-0.2, -0.15) is 0 Å². The number of aryl methyl sites for hydroxylation is 1. The van der Waals surface area contributed by atoms with Crippen molar-refractivity contribution in [3.05, 3.63) is 83.8 Å². The van der Waals surface area contributed by atoms with E-state index < -0.39 is 5.97 Å². The van der Waals surface area contributed by atoms with Gasteiger partial charge in [0.2, 0.25) is 0 Å². The van der Waals surface area contributed by atoms with Gasteiger partial charge in [0.1, 0.15) is 11.3 Å². The third-order valence-corrected chi connectivity index (χ3v) is 6.30. The van der Waals surface area contributed by atoms with Gasteiger partial charge in [0, 0.05) is 43.8 Å². The Morgan fingerprint density at radius 1 is 1.00 bits per heavy atom. The van der Waals surface area contributed by atoms with Crippen molar-refractivity contribution < 1.29 is 14.3 Å². The number of hydrogen-bond acceptors (Lipinski definition) is 6. The van der Waals surface area contributed by atoms with Crippen LogP contribution in [0.5, 0.6) is 0 Å². The molecule has 4 aromatic rings. The van der Waals surface area contributed by atoms with Crippen LogP contribution < -0.4 is 5.32 Å². The van der Waals surface area contributed by atoms with Gasteiger partial charge < -0.3 is 15.0 Å². The number of nitrogens with zero attached hydrogens (tertiary/aromatic N) is 5. The highest BCUT2D eigenvalue weighted by molar-refractivity contribution is 5.94. The highest BCUT2D eigenvalue weighted by Gasteiger charge is 2.24. The Morgan fingerprint density at radius 3 is 2.58 bits per heavy atom. The van der Waals surface area contributed by atoms with Crippen molar-refractivity contribution in [2.75, 3.05) is 38.6 Å². The summed E-state index contributed by atoms with van der Waals surface area (Å²) in [6.45, 7) is 5.35. The molecule has 9 nitrogen and oxygen atoms in total. The number of anilines is 1. The zero-order chi connectivity index (χ0) is 25.1. The van der Waals surface area contributed by atoms with Gasteiger partial charge in [-0.3, -0.25) is 9.47 Å². The number of pyridine rings is 1. The van der Waals surface area contributed by atoms with E-state index in [4.69, 9.17) is 9.72 Å². The van der Waals surface area contributed by atoms with Crippen LogP contribution >= 0.6 is 0 Å². The highest BCUT2D eigenvalue weighted by atomic mass is 16.5. The lowest BCUT2D eigenvalue weighted by molar-refractivity contribution is 0.0600. The third kappa shape index (κ3) is 4.92. The normalized spacial score (nSPS) is 14.1. The van der Waals surface area contributed by atoms with Crippen LogP contribution in [0.4, 0.5) is 10.5 Å². The molecule has 3 heterocycles. The summed E-state index contributed by atoms with van der Waals surface area (Å²) in [5.74, 6) is 0.485. The van der Waals surface area contributed by atoms with Crippen molar-refractivity contribution in [2.24, 2.45) is 0 Å². The molecule has 2 aromatic heterocycles. The van der Waals surface area contributed by atoms with Crippen molar-refractivity contribution in [1.29, 1.82) is 0 Å². The second kappa shape index (κ2) is 10.2. The van der Waals surface area contributed by atoms with E-state index in [1.165, 1.54) is 12.7 Å². The number of rotatable bonds is 5. The molecule has 0 aliphatic carbocycles. The molecule has 0 atom stereocenters. The topological polar surface area (TPSA) is 92.6 Å². The third-order valence-electron chi connectivity index (χ3n) is 6.30.